The van der Waals surface area contributed by atoms with E-state index in [1.807, 2.05) is 0 Å². The van der Waals surface area contributed by atoms with Crippen molar-refractivity contribution in [1.82, 2.24) is 19.9 Å². The molecule has 88 valence electrons. The average Bonchev–Trinajstić information content (AvgIpc) is 2.26. The molecule has 0 amide bonds. The fourth-order valence-electron chi connectivity index (χ4n) is 1.27. The van der Waals surface area contributed by atoms with Gasteiger partial charge in [-0.05, 0) is 0 Å². The number of carboxylic acids is 1. The van der Waals surface area contributed by atoms with E-state index in [0.717, 1.165) is 0 Å². The average molecular weight is 300 g/mol. The molecular formula is C8H6BrN5O3. The first-order valence-electron chi connectivity index (χ1n) is 4.38. The number of H-pyrrole nitrogens is 1. The van der Waals surface area contributed by atoms with E-state index in [2.05, 4.69) is 35.9 Å². The summed E-state index contributed by atoms with van der Waals surface area (Å²) < 4.78 is 0. The summed E-state index contributed by atoms with van der Waals surface area (Å²) >= 11 is 3.09. The van der Waals surface area contributed by atoms with E-state index in [4.69, 9.17) is 10.8 Å². The summed E-state index contributed by atoms with van der Waals surface area (Å²) in [5.41, 5.74) is 4.49. The monoisotopic (exact) mass is 299 g/mol. The first-order valence-corrected chi connectivity index (χ1v) is 5.50. The van der Waals surface area contributed by atoms with Crippen LogP contribution in [-0.4, -0.2) is 31.0 Å². The summed E-state index contributed by atoms with van der Waals surface area (Å²) in [5.74, 6) is -1.36. The zero-order valence-corrected chi connectivity index (χ0v) is 9.85. The molecule has 4 N–H and O–H groups in total. The number of aromatic amines is 1. The first kappa shape index (κ1) is 11.5. The number of nitrogens with two attached hydrogens (primary N) is 1. The normalized spacial score (nSPS) is 10.6. The van der Waals surface area contributed by atoms with E-state index >= 15 is 0 Å². The molecule has 2 rings (SSSR count). The number of rotatable bonds is 2. The van der Waals surface area contributed by atoms with Crippen molar-refractivity contribution in [2.75, 3.05) is 5.73 Å². The van der Waals surface area contributed by atoms with Crippen LogP contribution in [0.25, 0.3) is 11.2 Å². The molecule has 0 radical (unpaired) electrons. The Labute approximate surface area is 102 Å². The van der Waals surface area contributed by atoms with Gasteiger partial charge in [-0.2, -0.15) is 4.98 Å². The van der Waals surface area contributed by atoms with Crippen LogP contribution in [0, 0.1) is 0 Å². The molecule has 2 heterocycles. The van der Waals surface area contributed by atoms with Crippen molar-refractivity contribution < 1.29 is 9.90 Å². The van der Waals surface area contributed by atoms with E-state index in [-0.39, 0.29) is 33.8 Å². The number of aromatic nitrogens is 4. The maximum absolute atomic E-state index is 11.5. The number of halogens is 1. The third-order valence-electron chi connectivity index (χ3n) is 1.96. The quantitative estimate of drug-likeness (QED) is 0.658. The number of hydrogen-bond donors (Lipinski definition) is 3. The second kappa shape index (κ2) is 4.09. The number of nitrogens with zero attached hydrogens (tertiary/aromatic N) is 3. The van der Waals surface area contributed by atoms with Crippen molar-refractivity contribution in [1.29, 1.82) is 0 Å². The predicted octanol–water partition coefficient (Wildman–Crippen LogP) is -0.112. The molecule has 0 aliphatic heterocycles. The maximum Gasteiger partial charge on any atom is 0.356 e. The highest BCUT2D eigenvalue weighted by Gasteiger charge is 2.16. The highest BCUT2D eigenvalue weighted by Crippen LogP contribution is 2.11. The Balaban J connectivity index is 2.88. The number of nitrogen functional groups attached to an aromatic ring is 1. The fourth-order valence-corrected chi connectivity index (χ4v) is 1.66. The Morgan fingerprint density at radius 3 is 2.71 bits per heavy atom. The topological polar surface area (TPSA) is 135 Å². The third kappa shape index (κ3) is 1.96. The minimum Gasteiger partial charge on any atom is -0.476 e. The van der Waals surface area contributed by atoms with Crippen LogP contribution < -0.4 is 11.3 Å². The van der Waals surface area contributed by atoms with Gasteiger partial charge in [0.1, 0.15) is 0 Å². The summed E-state index contributed by atoms with van der Waals surface area (Å²) in [6.07, 6.45) is 0. The number of fused-ring (bicyclic) bond motifs is 1. The lowest BCUT2D eigenvalue weighted by Crippen LogP contribution is -2.17. The zero-order chi connectivity index (χ0) is 12.6. The summed E-state index contributed by atoms with van der Waals surface area (Å²) in [5, 5.41) is 9.11. The van der Waals surface area contributed by atoms with Crippen molar-refractivity contribution in [3.05, 3.63) is 21.7 Å². The largest absolute Gasteiger partial charge is 0.476 e. The molecule has 0 unspecified atom stereocenters. The molecule has 8 nitrogen and oxygen atoms in total. The number of aromatic carboxylic acids is 1. The molecule has 0 spiro atoms. The molecule has 0 saturated carbocycles. The number of carboxylic acid groups (broad SMARTS) is 1. The smallest absolute Gasteiger partial charge is 0.356 e. The van der Waals surface area contributed by atoms with Crippen LogP contribution in [0.4, 0.5) is 5.95 Å². The Hall–Kier alpha value is -2.03. The zero-order valence-electron chi connectivity index (χ0n) is 8.27. The number of anilines is 1. The van der Waals surface area contributed by atoms with E-state index in [0.29, 0.717) is 0 Å². The van der Waals surface area contributed by atoms with Crippen molar-refractivity contribution in [3.63, 3.8) is 0 Å². The molecule has 2 aromatic rings. The van der Waals surface area contributed by atoms with Crippen LogP contribution in [0.2, 0.25) is 0 Å². The van der Waals surface area contributed by atoms with E-state index in [9.17, 15) is 9.59 Å². The molecular weight excluding hydrogens is 294 g/mol. The van der Waals surface area contributed by atoms with Crippen molar-refractivity contribution >= 4 is 39.0 Å². The number of hydrogen-bond acceptors (Lipinski definition) is 6. The molecule has 0 fully saturated rings. The summed E-state index contributed by atoms with van der Waals surface area (Å²) in [4.78, 5) is 36.1. The molecule has 0 aliphatic carbocycles. The summed E-state index contributed by atoms with van der Waals surface area (Å²) in [6.45, 7) is 0. The lowest BCUT2D eigenvalue weighted by molar-refractivity contribution is 0.0689. The van der Waals surface area contributed by atoms with Crippen LogP contribution in [0.3, 0.4) is 0 Å². The molecule has 9 heteroatoms. The number of alkyl halides is 1. The third-order valence-corrected chi connectivity index (χ3v) is 2.49. The minimum absolute atomic E-state index is 0.0192. The van der Waals surface area contributed by atoms with Gasteiger partial charge < -0.3 is 10.8 Å². The second-order valence-electron chi connectivity index (χ2n) is 3.08. The lowest BCUT2D eigenvalue weighted by atomic mass is 10.3. The maximum atomic E-state index is 11.5. The Kier molecular flexibility index (Phi) is 2.76. The lowest BCUT2D eigenvalue weighted by Gasteiger charge is -2.03. The van der Waals surface area contributed by atoms with Crippen LogP contribution in [0.1, 0.15) is 16.2 Å². The molecule has 0 bridgehead atoms. The Morgan fingerprint density at radius 2 is 2.12 bits per heavy atom. The van der Waals surface area contributed by atoms with Gasteiger partial charge in [-0.15, -0.1) is 0 Å². The van der Waals surface area contributed by atoms with Gasteiger partial charge in [0.05, 0.1) is 5.69 Å². The standard InChI is InChI=1S/C8H6BrN5O3/c9-1-2-3(7(16)17)12-4-5(11-2)13-8(10)14-6(4)15/h1H2,(H,16,17)(H3,10,11,13,14,15). The van der Waals surface area contributed by atoms with Gasteiger partial charge in [-0.1, -0.05) is 15.9 Å². The molecule has 0 aromatic carbocycles. The molecule has 0 saturated heterocycles. The van der Waals surface area contributed by atoms with Crippen LogP contribution in [-0.2, 0) is 5.33 Å². The molecule has 17 heavy (non-hydrogen) atoms. The van der Waals surface area contributed by atoms with E-state index in [1.54, 1.807) is 0 Å². The van der Waals surface area contributed by atoms with E-state index in [1.165, 1.54) is 0 Å². The van der Waals surface area contributed by atoms with Gasteiger partial charge in [0, 0.05) is 5.33 Å². The van der Waals surface area contributed by atoms with E-state index < -0.39 is 11.5 Å². The van der Waals surface area contributed by atoms with Gasteiger partial charge in [0.2, 0.25) is 5.95 Å². The second-order valence-corrected chi connectivity index (χ2v) is 3.64. The van der Waals surface area contributed by atoms with Crippen molar-refractivity contribution in [2.24, 2.45) is 0 Å². The highest BCUT2D eigenvalue weighted by atomic mass is 79.9. The van der Waals surface area contributed by atoms with Gasteiger partial charge in [-0.3, -0.25) is 9.78 Å². The predicted molar refractivity (Wildman–Crippen MR) is 62.0 cm³/mol. The van der Waals surface area contributed by atoms with Gasteiger partial charge in [0.25, 0.3) is 5.56 Å². The Morgan fingerprint density at radius 1 is 1.41 bits per heavy atom. The SMILES string of the molecule is Nc1nc2nc(CBr)c(C(=O)O)nc2c(=O)[nH]1. The van der Waals surface area contributed by atoms with Gasteiger partial charge in [0.15, 0.2) is 16.9 Å². The minimum atomic E-state index is -1.26. The van der Waals surface area contributed by atoms with Gasteiger partial charge >= 0.3 is 5.97 Å². The number of nitrogens with one attached hydrogen (secondary N) is 1. The van der Waals surface area contributed by atoms with Crippen molar-refractivity contribution in [3.8, 4) is 0 Å². The summed E-state index contributed by atoms with van der Waals surface area (Å²) in [7, 11) is 0. The number of carbonyl (C=O) groups is 1. The summed E-state index contributed by atoms with van der Waals surface area (Å²) in [6, 6.07) is 0. The molecule has 2 aromatic heterocycles. The first-order chi connectivity index (χ1) is 8.02. The molecule has 0 aliphatic rings. The van der Waals surface area contributed by atoms with Crippen LogP contribution >= 0.6 is 15.9 Å². The van der Waals surface area contributed by atoms with Crippen LogP contribution in [0.5, 0.6) is 0 Å². The fraction of sp³-hybridized carbons (Fsp3) is 0.125. The van der Waals surface area contributed by atoms with Crippen molar-refractivity contribution in [2.45, 2.75) is 5.33 Å². The molecule has 0 atom stereocenters. The van der Waals surface area contributed by atoms with Gasteiger partial charge in [-0.25, -0.2) is 14.8 Å². The highest BCUT2D eigenvalue weighted by molar-refractivity contribution is 9.08. The van der Waals surface area contributed by atoms with Crippen LogP contribution in [0.15, 0.2) is 4.79 Å². The Bertz CT molecular complexity index is 668.